The number of hydrogen-bond acceptors (Lipinski definition) is 2. The molecule has 3 heterocycles. The van der Waals surface area contributed by atoms with Crippen molar-refractivity contribution in [1.82, 2.24) is 14.7 Å². The van der Waals surface area contributed by atoms with Gasteiger partial charge >= 0.3 is 0 Å². The van der Waals surface area contributed by atoms with Crippen molar-refractivity contribution in [3.8, 4) is 0 Å². The van der Waals surface area contributed by atoms with Gasteiger partial charge in [0.15, 0.2) is 0 Å². The van der Waals surface area contributed by atoms with Crippen LogP contribution < -0.4 is 5.32 Å². The van der Waals surface area contributed by atoms with Crippen LogP contribution in [0, 0.1) is 5.92 Å². The van der Waals surface area contributed by atoms with E-state index >= 15 is 0 Å². The average Bonchev–Trinajstić information content (AvgIpc) is 2.90. The van der Waals surface area contributed by atoms with Crippen LogP contribution in [-0.2, 0) is 6.42 Å². The normalized spacial score (nSPS) is 20.7. The van der Waals surface area contributed by atoms with Crippen molar-refractivity contribution < 1.29 is 0 Å². The summed E-state index contributed by atoms with van der Waals surface area (Å²) in [5, 5.41) is 4.15. The van der Waals surface area contributed by atoms with E-state index in [0.29, 0.717) is 5.92 Å². The summed E-state index contributed by atoms with van der Waals surface area (Å²) in [4.78, 5) is 4.47. The number of aromatic nitrogens is 2. The molecule has 3 nitrogen and oxygen atoms in total. The lowest BCUT2D eigenvalue weighted by molar-refractivity contribution is 0.560. The van der Waals surface area contributed by atoms with E-state index in [-0.39, 0.29) is 0 Å². The summed E-state index contributed by atoms with van der Waals surface area (Å²) in [6.45, 7) is 2.24. The lowest BCUT2D eigenvalue weighted by Crippen LogP contribution is -2.12. The minimum Gasteiger partial charge on any atom is -0.316 e. The first-order valence-corrected chi connectivity index (χ1v) is 6.03. The Morgan fingerprint density at radius 2 is 2.50 bits per heavy atom. The van der Waals surface area contributed by atoms with Crippen LogP contribution in [-0.4, -0.2) is 22.5 Å². The molecule has 0 saturated carbocycles. The number of nitrogens with one attached hydrogen (secondary N) is 1. The molecule has 0 spiro atoms. The maximum absolute atomic E-state index is 6.11. The predicted octanol–water partition coefficient (Wildman–Crippen LogP) is 2.14. The van der Waals surface area contributed by atoms with Crippen LogP contribution in [0.25, 0.3) is 5.52 Å². The van der Waals surface area contributed by atoms with Crippen molar-refractivity contribution in [2.45, 2.75) is 12.8 Å². The van der Waals surface area contributed by atoms with Crippen molar-refractivity contribution in [3.63, 3.8) is 0 Å². The van der Waals surface area contributed by atoms with Gasteiger partial charge < -0.3 is 9.72 Å². The molecule has 2 aromatic rings. The molecule has 0 bridgehead atoms. The molecule has 4 heteroatoms. The van der Waals surface area contributed by atoms with Crippen LogP contribution in [0.5, 0.6) is 0 Å². The Morgan fingerprint density at radius 3 is 3.31 bits per heavy atom. The van der Waals surface area contributed by atoms with Gasteiger partial charge in [-0.05, 0) is 37.6 Å². The summed E-state index contributed by atoms with van der Waals surface area (Å²) in [7, 11) is 0. The molecule has 1 unspecified atom stereocenters. The zero-order chi connectivity index (χ0) is 11.0. The third kappa shape index (κ3) is 1.70. The molecule has 1 atom stereocenters. The second-order valence-corrected chi connectivity index (χ2v) is 4.76. The summed E-state index contributed by atoms with van der Waals surface area (Å²) in [5.74, 6) is 1.83. The second-order valence-electron chi connectivity index (χ2n) is 4.35. The van der Waals surface area contributed by atoms with E-state index < -0.39 is 0 Å². The van der Waals surface area contributed by atoms with Crippen LogP contribution in [0.4, 0.5) is 0 Å². The van der Waals surface area contributed by atoms with Gasteiger partial charge in [-0.15, -0.1) is 0 Å². The first-order chi connectivity index (χ1) is 7.84. The van der Waals surface area contributed by atoms with Gasteiger partial charge in [0.1, 0.15) is 5.82 Å². The number of imidazole rings is 1. The van der Waals surface area contributed by atoms with Crippen LogP contribution in [0.15, 0.2) is 24.5 Å². The fraction of sp³-hybridized carbons (Fsp3) is 0.417. The highest BCUT2D eigenvalue weighted by molar-refractivity contribution is 6.33. The smallest absolute Gasteiger partial charge is 0.113 e. The first-order valence-electron chi connectivity index (χ1n) is 5.66. The second kappa shape index (κ2) is 4.07. The molecular formula is C12H14ClN3. The summed E-state index contributed by atoms with van der Waals surface area (Å²) >= 11 is 6.11. The Bertz CT molecular complexity index is 500. The largest absolute Gasteiger partial charge is 0.316 e. The molecule has 3 rings (SSSR count). The monoisotopic (exact) mass is 235 g/mol. The lowest BCUT2D eigenvalue weighted by Gasteiger charge is -2.07. The molecule has 84 valence electrons. The molecule has 0 aliphatic carbocycles. The highest BCUT2D eigenvalue weighted by Crippen LogP contribution is 2.20. The summed E-state index contributed by atoms with van der Waals surface area (Å²) in [6.07, 6.45) is 6.17. The molecule has 1 aliphatic heterocycles. The summed E-state index contributed by atoms with van der Waals surface area (Å²) in [6, 6.07) is 3.87. The Balaban J connectivity index is 1.94. The average molecular weight is 236 g/mol. The minimum absolute atomic E-state index is 0.713. The molecule has 1 N–H and O–H groups in total. The standard InChI is InChI=1S/C12H14ClN3/c13-10-2-1-5-16-11(10)8-15-12(16)6-9-3-4-14-7-9/h1-2,5,8-9,14H,3-4,6-7H2. The molecular weight excluding hydrogens is 222 g/mol. The Kier molecular flexibility index (Phi) is 2.58. The molecule has 16 heavy (non-hydrogen) atoms. The third-order valence-corrected chi connectivity index (χ3v) is 3.55. The summed E-state index contributed by atoms with van der Waals surface area (Å²) in [5.41, 5.74) is 1.00. The number of halogens is 1. The number of pyridine rings is 1. The third-order valence-electron chi connectivity index (χ3n) is 3.23. The molecule has 1 fully saturated rings. The van der Waals surface area contributed by atoms with Crippen molar-refractivity contribution in [3.05, 3.63) is 35.4 Å². The molecule has 1 saturated heterocycles. The van der Waals surface area contributed by atoms with Gasteiger partial charge in [-0.2, -0.15) is 0 Å². The first kappa shape index (κ1) is 10.1. The Hall–Kier alpha value is -1.06. The fourth-order valence-electron chi connectivity index (χ4n) is 2.34. The van der Waals surface area contributed by atoms with E-state index in [2.05, 4.69) is 14.7 Å². The van der Waals surface area contributed by atoms with E-state index in [1.165, 1.54) is 6.42 Å². The zero-order valence-corrected chi connectivity index (χ0v) is 9.74. The Labute approximate surface area is 99.4 Å². The minimum atomic E-state index is 0.713. The number of hydrogen-bond donors (Lipinski definition) is 1. The molecule has 0 aromatic carbocycles. The topological polar surface area (TPSA) is 29.3 Å². The van der Waals surface area contributed by atoms with Gasteiger partial charge in [-0.25, -0.2) is 4.98 Å². The van der Waals surface area contributed by atoms with Crippen molar-refractivity contribution in [2.75, 3.05) is 13.1 Å². The highest BCUT2D eigenvalue weighted by atomic mass is 35.5. The van der Waals surface area contributed by atoms with E-state index in [1.54, 1.807) is 0 Å². The SMILES string of the molecule is Clc1cccn2c(CC3CCNC3)ncc12. The maximum Gasteiger partial charge on any atom is 0.113 e. The lowest BCUT2D eigenvalue weighted by atomic mass is 10.1. The van der Waals surface area contributed by atoms with Crippen LogP contribution >= 0.6 is 11.6 Å². The number of fused-ring (bicyclic) bond motifs is 1. The molecule has 1 aliphatic rings. The highest BCUT2D eigenvalue weighted by Gasteiger charge is 2.17. The van der Waals surface area contributed by atoms with Gasteiger partial charge in [0.05, 0.1) is 16.7 Å². The van der Waals surface area contributed by atoms with Gasteiger partial charge in [0.25, 0.3) is 0 Å². The number of nitrogens with zero attached hydrogens (tertiary/aromatic N) is 2. The van der Waals surface area contributed by atoms with E-state index in [0.717, 1.165) is 35.9 Å². The Morgan fingerprint density at radius 1 is 1.56 bits per heavy atom. The maximum atomic E-state index is 6.11. The molecule has 0 amide bonds. The molecule has 2 aromatic heterocycles. The van der Waals surface area contributed by atoms with E-state index in [9.17, 15) is 0 Å². The fourth-order valence-corrected chi connectivity index (χ4v) is 2.55. The quantitative estimate of drug-likeness (QED) is 0.864. The zero-order valence-electron chi connectivity index (χ0n) is 8.99. The van der Waals surface area contributed by atoms with Gasteiger partial charge in [0, 0.05) is 12.6 Å². The summed E-state index contributed by atoms with van der Waals surface area (Å²) < 4.78 is 2.10. The number of rotatable bonds is 2. The van der Waals surface area contributed by atoms with Crippen LogP contribution in [0.2, 0.25) is 5.02 Å². The van der Waals surface area contributed by atoms with Gasteiger partial charge in [-0.1, -0.05) is 11.6 Å². The molecule has 0 radical (unpaired) electrons. The predicted molar refractivity (Wildman–Crippen MR) is 64.9 cm³/mol. The van der Waals surface area contributed by atoms with Gasteiger partial charge in [0.2, 0.25) is 0 Å². The van der Waals surface area contributed by atoms with Crippen molar-refractivity contribution >= 4 is 17.1 Å². The van der Waals surface area contributed by atoms with Crippen LogP contribution in [0.1, 0.15) is 12.2 Å². The van der Waals surface area contributed by atoms with E-state index in [4.69, 9.17) is 11.6 Å². The van der Waals surface area contributed by atoms with Gasteiger partial charge in [-0.3, -0.25) is 0 Å². The van der Waals surface area contributed by atoms with E-state index in [1.807, 2.05) is 24.5 Å². The van der Waals surface area contributed by atoms with Crippen molar-refractivity contribution in [2.24, 2.45) is 5.92 Å². The van der Waals surface area contributed by atoms with Crippen molar-refractivity contribution in [1.29, 1.82) is 0 Å². The van der Waals surface area contributed by atoms with Crippen LogP contribution in [0.3, 0.4) is 0 Å².